The van der Waals surface area contributed by atoms with Crippen molar-refractivity contribution in [2.45, 2.75) is 132 Å². The Morgan fingerprint density at radius 2 is 0.750 bits per heavy atom. The number of aromatic hydroxyl groups is 2. The molecule has 6 aromatic carbocycles. The lowest BCUT2D eigenvalue weighted by atomic mass is 9.47. The van der Waals surface area contributed by atoms with E-state index in [9.17, 15) is 10.2 Å². The highest BCUT2D eigenvalue weighted by Gasteiger charge is 2.55. The zero-order chi connectivity index (χ0) is 45.3. The van der Waals surface area contributed by atoms with Gasteiger partial charge in [-0.1, -0.05) is 54.6 Å². The normalized spacial score (nSPS) is 35.7. The fourth-order valence-electron chi connectivity index (χ4n) is 19.5. The van der Waals surface area contributed by atoms with Gasteiger partial charge in [-0.2, -0.15) is 0 Å². The number of phenols is 2. The van der Waals surface area contributed by atoms with Crippen molar-refractivity contribution in [2.75, 3.05) is 11.5 Å². The van der Waals surface area contributed by atoms with Gasteiger partial charge in [0, 0.05) is 34.4 Å². The summed E-state index contributed by atoms with van der Waals surface area (Å²) in [7, 11) is 0. The van der Waals surface area contributed by atoms with Crippen LogP contribution in [0.1, 0.15) is 132 Å². The van der Waals surface area contributed by atoms with Crippen LogP contribution < -0.4 is 20.9 Å². The van der Waals surface area contributed by atoms with Crippen molar-refractivity contribution in [3.63, 3.8) is 0 Å². The van der Waals surface area contributed by atoms with Crippen LogP contribution in [0.3, 0.4) is 0 Å². The van der Waals surface area contributed by atoms with E-state index in [0.717, 1.165) is 142 Å². The molecule has 18 rings (SSSR count). The van der Waals surface area contributed by atoms with E-state index in [-0.39, 0.29) is 27.7 Å². The number of nitrogens with two attached hydrogens (primary N) is 2. The van der Waals surface area contributed by atoms with Crippen molar-refractivity contribution in [3.05, 3.63) is 108 Å². The molecule has 12 bridgehead atoms. The summed E-state index contributed by atoms with van der Waals surface area (Å²) in [5.41, 5.74) is 20.1. The maximum atomic E-state index is 11.5. The Kier molecular flexibility index (Phi) is 8.56. The molecular formula is C62H66N2O4. The summed E-state index contributed by atoms with van der Waals surface area (Å²) in [6, 6.07) is 32.5. The Hall–Kier alpha value is -5.36. The third-order valence-corrected chi connectivity index (χ3v) is 20.7. The van der Waals surface area contributed by atoms with Crippen LogP contribution in [0.2, 0.25) is 0 Å². The average Bonchev–Trinajstić information content (AvgIpc) is 3.30. The zero-order valence-electron chi connectivity index (χ0n) is 39.4. The summed E-state index contributed by atoms with van der Waals surface area (Å²) in [6.45, 7) is 0. The number of ether oxygens (including phenoxy) is 2. The number of hydrogen-bond acceptors (Lipinski definition) is 6. The van der Waals surface area contributed by atoms with Crippen LogP contribution in [-0.4, -0.2) is 10.2 Å². The van der Waals surface area contributed by atoms with Gasteiger partial charge in [0.1, 0.15) is 34.5 Å². The van der Waals surface area contributed by atoms with Crippen LogP contribution in [-0.2, 0) is 16.2 Å². The molecule has 68 heavy (non-hydrogen) atoms. The van der Waals surface area contributed by atoms with E-state index < -0.39 is 0 Å². The number of rotatable bonds is 8. The molecule has 12 fully saturated rings. The van der Waals surface area contributed by atoms with E-state index in [1.807, 2.05) is 12.1 Å². The maximum Gasteiger partial charge on any atom is 0.142 e. The largest absolute Gasteiger partial charge is 0.506 e. The predicted octanol–water partition coefficient (Wildman–Crippen LogP) is 15.2. The third kappa shape index (κ3) is 6.06. The van der Waals surface area contributed by atoms with Gasteiger partial charge >= 0.3 is 0 Å². The van der Waals surface area contributed by atoms with Crippen molar-refractivity contribution in [2.24, 2.45) is 53.3 Å². The summed E-state index contributed by atoms with van der Waals surface area (Å²) >= 11 is 0. The first-order chi connectivity index (χ1) is 33.0. The second-order valence-corrected chi connectivity index (χ2v) is 25.1. The minimum Gasteiger partial charge on any atom is -0.506 e. The minimum absolute atomic E-state index is 0.0196. The van der Waals surface area contributed by atoms with E-state index in [1.54, 1.807) is 0 Å². The SMILES string of the molecule is Nc1cc(C23CC4CC(CC(C4)C2)C3)c(Oc2ccc3ccccc3c2-c2c(Oc3cc(O)c(N)cc3C34CC5CC(CC(C5)C3)C4)ccc3c(C45CC6CC(CC(C6)C4)C5)cccc23)cc1O. The molecule has 0 atom stereocenters. The summed E-state index contributed by atoms with van der Waals surface area (Å²) in [6.07, 6.45) is 23.0. The molecule has 0 saturated heterocycles. The molecule has 0 aliphatic heterocycles. The smallest absolute Gasteiger partial charge is 0.142 e. The monoisotopic (exact) mass is 903 g/mol. The molecule has 0 aromatic heterocycles. The lowest BCUT2D eigenvalue weighted by Crippen LogP contribution is -2.48. The molecule has 0 heterocycles. The van der Waals surface area contributed by atoms with E-state index in [4.69, 9.17) is 20.9 Å². The lowest BCUT2D eigenvalue weighted by molar-refractivity contribution is -0.00612. The summed E-state index contributed by atoms with van der Waals surface area (Å²) in [4.78, 5) is 0. The highest BCUT2D eigenvalue weighted by atomic mass is 16.5. The maximum absolute atomic E-state index is 11.5. The Morgan fingerprint density at radius 1 is 0.368 bits per heavy atom. The molecule has 0 spiro atoms. The molecule has 12 saturated carbocycles. The molecule has 6 N–H and O–H groups in total. The fourth-order valence-corrected chi connectivity index (χ4v) is 19.5. The van der Waals surface area contributed by atoms with Gasteiger partial charge in [0.05, 0.1) is 11.4 Å². The molecule has 0 radical (unpaired) electrons. The number of anilines is 2. The summed E-state index contributed by atoms with van der Waals surface area (Å²) < 4.78 is 15.1. The fraction of sp³-hybridized carbons (Fsp3) is 0.484. The summed E-state index contributed by atoms with van der Waals surface area (Å²) in [5.74, 6) is 9.87. The van der Waals surface area contributed by atoms with Gasteiger partial charge in [0.2, 0.25) is 0 Å². The van der Waals surface area contributed by atoms with Crippen molar-refractivity contribution >= 4 is 32.9 Å². The van der Waals surface area contributed by atoms with Crippen molar-refractivity contribution in [3.8, 4) is 45.6 Å². The quantitative estimate of drug-likeness (QED) is 0.0894. The zero-order valence-corrected chi connectivity index (χ0v) is 39.4. The second kappa shape index (κ2) is 14.4. The van der Waals surface area contributed by atoms with Crippen molar-refractivity contribution < 1.29 is 19.7 Å². The third-order valence-electron chi connectivity index (χ3n) is 20.7. The molecule has 6 nitrogen and oxygen atoms in total. The minimum atomic E-state index is -0.0207. The highest BCUT2D eigenvalue weighted by molar-refractivity contribution is 6.10. The first-order valence-corrected chi connectivity index (χ1v) is 26.7. The predicted molar refractivity (Wildman–Crippen MR) is 272 cm³/mol. The molecular weight excluding hydrogens is 837 g/mol. The molecule has 6 heteroatoms. The van der Waals surface area contributed by atoms with Gasteiger partial charge in [0.15, 0.2) is 0 Å². The first-order valence-electron chi connectivity index (χ1n) is 26.7. The van der Waals surface area contributed by atoms with Gasteiger partial charge in [0.25, 0.3) is 0 Å². The topological polar surface area (TPSA) is 111 Å². The van der Waals surface area contributed by atoms with Crippen molar-refractivity contribution in [1.29, 1.82) is 0 Å². The van der Waals surface area contributed by atoms with Gasteiger partial charge in [-0.3, -0.25) is 0 Å². The standard InChI is InChI=1S/C62H66N2O4/c63-50-21-48(61-28-37-15-38(29-61)17-39(16-37)30-61)56(23-52(50)65)67-54-10-8-43-4-1-2-5-44(43)58(54)59-46-6-3-7-47(60-25-34-12-35(26-60)14-36(13-34)27-60)45(46)9-11-55(59)68-57-24-53(66)51(64)22-49(57)62-31-40-18-41(32-62)20-42(19-40)33-62/h1-11,21-24,34-42,65-66H,12-20,25-33,63-64H2. The first kappa shape index (κ1) is 40.5. The lowest BCUT2D eigenvalue weighted by Gasteiger charge is -2.57. The van der Waals surface area contributed by atoms with Gasteiger partial charge < -0.3 is 31.2 Å². The molecule has 12 aliphatic carbocycles. The second-order valence-electron chi connectivity index (χ2n) is 25.1. The van der Waals surface area contributed by atoms with Gasteiger partial charge in [-0.25, -0.2) is 0 Å². The average molecular weight is 903 g/mol. The Bertz CT molecular complexity index is 2990. The Morgan fingerprint density at radius 3 is 1.21 bits per heavy atom. The van der Waals surface area contributed by atoms with Crippen LogP contribution >= 0.6 is 0 Å². The number of phenolic OH excluding ortho intramolecular Hbond substituents is 2. The van der Waals surface area contributed by atoms with E-state index >= 15 is 0 Å². The van der Waals surface area contributed by atoms with E-state index in [1.165, 1.54) is 88.0 Å². The van der Waals surface area contributed by atoms with Crippen molar-refractivity contribution in [1.82, 2.24) is 0 Å². The van der Waals surface area contributed by atoms with E-state index in [2.05, 4.69) is 78.9 Å². The summed E-state index contributed by atoms with van der Waals surface area (Å²) in [5, 5.41) is 27.6. The molecule has 348 valence electrons. The number of benzene rings is 6. The van der Waals surface area contributed by atoms with Crippen LogP contribution in [0.4, 0.5) is 11.4 Å². The molecule has 12 aliphatic rings. The van der Waals surface area contributed by atoms with Gasteiger partial charge in [-0.05, 0) is 236 Å². The van der Waals surface area contributed by atoms with Crippen LogP contribution in [0.25, 0.3) is 32.7 Å². The van der Waals surface area contributed by atoms with Crippen LogP contribution in [0, 0.1) is 53.3 Å². The van der Waals surface area contributed by atoms with Crippen LogP contribution in [0.5, 0.6) is 34.5 Å². The molecule has 0 unspecified atom stereocenters. The van der Waals surface area contributed by atoms with Crippen LogP contribution in [0.15, 0.2) is 91.0 Å². The molecule has 6 aromatic rings. The number of nitrogen functional groups attached to an aromatic ring is 2. The van der Waals surface area contributed by atoms with Gasteiger partial charge in [-0.15, -0.1) is 0 Å². The Labute approximate surface area is 400 Å². The van der Waals surface area contributed by atoms with E-state index in [0.29, 0.717) is 22.9 Å². The molecule has 0 amide bonds. The highest BCUT2D eigenvalue weighted by Crippen LogP contribution is 2.66. The Balaban J connectivity index is 0.953. The number of fused-ring (bicyclic) bond motifs is 2. The number of hydrogen-bond donors (Lipinski definition) is 4.